The Morgan fingerprint density at radius 3 is 2.66 bits per heavy atom. The van der Waals surface area contributed by atoms with E-state index in [1.807, 2.05) is 24.3 Å². The van der Waals surface area contributed by atoms with Crippen LogP contribution in [0.2, 0.25) is 0 Å². The van der Waals surface area contributed by atoms with Crippen molar-refractivity contribution in [2.75, 3.05) is 39.1 Å². The molecule has 1 saturated heterocycles. The zero-order valence-corrected chi connectivity index (χ0v) is 17.0. The third-order valence-corrected chi connectivity index (χ3v) is 5.49. The van der Waals surface area contributed by atoms with E-state index in [0.717, 1.165) is 36.4 Å². The van der Waals surface area contributed by atoms with Gasteiger partial charge in [0.2, 0.25) is 0 Å². The molecule has 150 valence electrons. The van der Waals surface area contributed by atoms with E-state index < -0.39 is 0 Å². The molecule has 4 rings (SSSR count). The molecule has 1 aliphatic heterocycles. The fourth-order valence-corrected chi connectivity index (χ4v) is 3.78. The molecule has 1 atom stereocenters. The summed E-state index contributed by atoms with van der Waals surface area (Å²) in [5, 5.41) is 21.3. The number of rotatable bonds is 4. The molecule has 7 heteroatoms. The normalized spacial score (nSPS) is 21.1. The molecule has 0 amide bonds. The molecule has 1 fully saturated rings. The summed E-state index contributed by atoms with van der Waals surface area (Å²) in [6.07, 6.45) is 6.09. The predicted octanol–water partition coefficient (Wildman–Crippen LogP) is 2.73. The second kappa shape index (κ2) is 7.67. The molecule has 0 saturated carbocycles. The van der Waals surface area contributed by atoms with Gasteiger partial charge in [-0.15, -0.1) is 0 Å². The number of fused-ring (bicyclic) bond motifs is 1. The number of nitrogens with zero attached hydrogens (tertiary/aromatic N) is 4. The van der Waals surface area contributed by atoms with Gasteiger partial charge in [0, 0.05) is 49.6 Å². The number of aliphatic hydroxyl groups excluding tert-OH is 1. The number of nitrogens with one attached hydrogen (secondary N) is 2. The molecular weight excluding hydrogens is 364 g/mol. The van der Waals surface area contributed by atoms with E-state index >= 15 is 0 Å². The summed E-state index contributed by atoms with van der Waals surface area (Å²) in [5.41, 5.74) is 3.82. The first-order valence-corrected chi connectivity index (χ1v) is 9.75. The van der Waals surface area contributed by atoms with Crippen molar-refractivity contribution in [2.45, 2.75) is 12.5 Å². The summed E-state index contributed by atoms with van der Waals surface area (Å²) in [6, 6.07) is 8.37. The van der Waals surface area contributed by atoms with Crippen molar-refractivity contribution in [1.82, 2.24) is 20.2 Å². The number of hydrogen-bond acceptors (Lipinski definition) is 7. The third kappa shape index (κ3) is 3.73. The standard InChI is InChI=1S/C22H26N6O/c1-24-12-14-10-16(21(29)11-17(14)23)18-4-5-20-19(25-18)6-7-22(26-20)28-9-8-15(13-28)27(2)3/h4-7,10-12,15,23-24,29H,8-9,13H2,1-3H3/b14-12-,23-17?. The lowest BCUT2D eigenvalue weighted by Gasteiger charge is -2.21. The number of hydrogen-bond donors (Lipinski definition) is 3. The largest absolute Gasteiger partial charge is 0.507 e. The summed E-state index contributed by atoms with van der Waals surface area (Å²) in [6.45, 7) is 1.99. The van der Waals surface area contributed by atoms with Crippen molar-refractivity contribution >= 4 is 28.1 Å². The van der Waals surface area contributed by atoms with Crippen LogP contribution in [0.3, 0.4) is 0 Å². The molecule has 2 aliphatic rings. The number of pyridine rings is 2. The van der Waals surface area contributed by atoms with Gasteiger partial charge >= 0.3 is 0 Å². The molecule has 0 radical (unpaired) electrons. The Balaban J connectivity index is 1.64. The monoisotopic (exact) mass is 390 g/mol. The van der Waals surface area contributed by atoms with E-state index in [2.05, 4.69) is 29.2 Å². The van der Waals surface area contributed by atoms with Gasteiger partial charge in [-0.05, 0) is 50.9 Å². The van der Waals surface area contributed by atoms with Gasteiger partial charge in [0.25, 0.3) is 0 Å². The van der Waals surface area contributed by atoms with Crippen LogP contribution in [-0.2, 0) is 0 Å². The summed E-state index contributed by atoms with van der Waals surface area (Å²) in [5.74, 6) is 1.02. The highest BCUT2D eigenvalue weighted by Crippen LogP contribution is 2.28. The molecule has 2 aromatic heterocycles. The molecule has 29 heavy (non-hydrogen) atoms. The number of aromatic nitrogens is 2. The summed E-state index contributed by atoms with van der Waals surface area (Å²) in [7, 11) is 6.02. The van der Waals surface area contributed by atoms with Crippen molar-refractivity contribution in [3.05, 3.63) is 59.6 Å². The van der Waals surface area contributed by atoms with E-state index in [-0.39, 0.29) is 11.5 Å². The smallest absolute Gasteiger partial charge is 0.129 e. The van der Waals surface area contributed by atoms with Crippen LogP contribution in [0, 0.1) is 5.41 Å². The van der Waals surface area contributed by atoms with E-state index in [9.17, 15) is 5.11 Å². The van der Waals surface area contributed by atoms with Gasteiger partial charge in [-0.25, -0.2) is 9.97 Å². The molecule has 2 aromatic rings. The molecule has 0 bridgehead atoms. The minimum Gasteiger partial charge on any atom is -0.507 e. The second-order valence-electron chi connectivity index (χ2n) is 7.65. The van der Waals surface area contributed by atoms with Crippen molar-refractivity contribution in [2.24, 2.45) is 0 Å². The van der Waals surface area contributed by atoms with Crippen LogP contribution in [0.15, 0.2) is 53.9 Å². The molecular formula is C22H26N6O. The van der Waals surface area contributed by atoms with Crippen LogP contribution >= 0.6 is 0 Å². The van der Waals surface area contributed by atoms with Crippen LogP contribution in [0.1, 0.15) is 12.1 Å². The fourth-order valence-electron chi connectivity index (χ4n) is 3.78. The Kier molecular flexibility index (Phi) is 5.07. The first-order valence-electron chi connectivity index (χ1n) is 9.75. The van der Waals surface area contributed by atoms with Gasteiger partial charge < -0.3 is 25.6 Å². The summed E-state index contributed by atoms with van der Waals surface area (Å²) in [4.78, 5) is 14.1. The van der Waals surface area contributed by atoms with Crippen molar-refractivity contribution in [1.29, 1.82) is 5.41 Å². The number of anilines is 1. The van der Waals surface area contributed by atoms with Crippen LogP contribution in [0.25, 0.3) is 16.6 Å². The zero-order valence-electron chi connectivity index (χ0n) is 17.0. The highest BCUT2D eigenvalue weighted by Gasteiger charge is 2.25. The Bertz CT molecular complexity index is 1050. The van der Waals surface area contributed by atoms with Gasteiger partial charge in [-0.1, -0.05) is 0 Å². The topological polar surface area (TPSA) is 88.4 Å². The highest BCUT2D eigenvalue weighted by molar-refractivity contribution is 6.13. The van der Waals surface area contributed by atoms with Crippen molar-refractivity contribution in [3.63, 3.8) is 0 Å². The maximum atomic E-state index is 10.3. The first kappa shape index (κ1) is 19.1. The Morgan fingerprint density at radius 2 is 1.93 bits per heavy atom. The summed E-state index contributed by atoms with van der Waals surface area (Å²) < 4.78 is 0. The Hall–Kier alpha value is -3.19. The molecule has 1 unspecified atom stereocenters. The van der Waals surface area contributed by atoms with E-state index in [1.54, 1.807) is 19.3 Å². The van der Waals surface area contributed by atoms with E-state index in [0.29, 0.717) is 22.9 Å². The molecule has 1 aliphatic carbocycles. The zero-order chi connectivity index (χ0) is 20.5. The average molecular weight is 390 g/mol. The van der Waals surface area contributed by atoms with Crippen LogP contribution in [0.4, 0.5) is 5.82 Å². The average Bonchev–Trinajstić information content (AvgIpc) is 3.20. The first-order chi connectivity index (χ1) is 14.0. The van der Waals surface area contributed by atoms with Gasteiger partial charge in [0.1, 0.15) is 11.6 Å². The minimum absolute atomic E-state index is 0.0477. The van der Waals surface area contributed by atoms with Crippen molar-refractivity contribution in [3.8, 4) is 0 Å². The molecule has 7 nitrogen and oxygen atoms in total. The van der Waals surface area contributed by atoms with Crippen LogP contribution < -0.4 is 10.2 Å². The minimum atomic E-state index is 0.0477. The number of allylic oxidation sites excluding steroid dienone is 4. The van der Waals surface area contributed by atoms with Crippen LogP contribution in [-0.4, -0.2) is 66.0 Å². The fraction of sp³-hybridized carbons (Fsp3) is 0.318. The van der Waals surface area contributed by atoms with Crippen LogP contribution in [0.5, 0.6) is 0 Å². The lowest BCUT2D eigenvalue weighted by Crippen LogP contribution is -2.31. The van der Waals surface area contributed by atoms with Gasteiger partial charge in [0.05, 0.1) is 22.4 Å². The Labute approximate surface area is 170 Å². The SMILES string of the molecule is CN/C=C1/C=C(c2ccc3nc(N4CCC(N(C)C)C4)ccc3n2)C(O)=CC1=N. The van der Waals surface area contributed by atoms with Gasteiger partial charge in [-0.2, -0.15) is 0 Å². The Morgan fingerprint density at radius 1 is 1.17 bits per heavy atom. The molecule has 0 aromatic carbocycles. The maximum Gasteiger partial charge on any atom is 0.129 e. The second-order valence-corrected chi connectivity index (χ2v) is 7.65. The molecule has 3 N–H and O–H groups in total. The van der Waals surface area contributed by atoms with E-state index in [1.165, 1.54) is 6.08 Å². The highest BCUT2D eigenvalue weighted by atomic mass is 16.3. The van der Waals surface area contributed by atoms with Gasteiger partial charge in [0.15, 0.2) is 0 Å². The number of aliphatic hydroxyl groups is 1. The summed E-state index contributed by atoms with van der Waals surface area (Å²) >= 11 is 0. The lowest BCUT2D eigenvalue weighted by molar-refractivity contribution is 0.315. The predicted molar refractivity (Wildman–Crippen MR) is 117 cm³/mol. The van der Waals surface area contributed by atoms with E-state index in [4.69, 9.17) is 15.4 Å². The van der Waals surface area contributed by atoms with Crippen molar-refractivity contribution < 1.29 is 5.11 Å². The molecule has 3 heterocycles. The quantitative estimate of drug-likeness (QED) is 0.744. The van der Waals surface area contributed by atoms with Gasteiger partial charge in [-0.3, -0.25) is 0 Å². The number of likely N-dealkylation sites (N-methyl/N-ethyl adjacent to an activating group) is 1. The molecule has 0 spiro atoms. The lowest BCUT2D eigenvalue weighted by atomic mass is 9.96. The maximum absolute atomic E-state index is 10.3. The third-order valence-electron chi connectivity index (χ3n) is 5.49.